The lowest BCUT2D eigenvalue weighted by atomic mass is 9.86. The molecule has 118 valence electrons. The molecule has 1 aliphatic rings. The van der Waals surface area contributed by atoms with Crippen LogP contribution in [0.4, 0.5) is 0 Å². The van der Waals surface area contributed by atoms with Crippen molar-refractivity contribution in [1.82, 2.24) is 10.0 Å². The summed E-state index contributed by atoms with van der Waals surface area (Å²) in [6.07, 6.45) is 4.42. The van der Waals surface area contributed by atoms with Gasteiger partial charge in [0.25, 0.3) is 0 Å². The second kappa shape index (κ2) is 7.38. The Bertz CT molecular complexity index is 566. The van der Waals surface area contributed by atoms with Crippen LogP contribution < -0.4 is 10.0 Å². The first-order valence-corrected chi connectivity index (χ1v) is 9.37. The van der Waals surface area contributed by atoms with Crippen LogP contribution in [-0.2, 0) is 23.0 Å². The number of hydrogen-bond acceptors (Lipinski definition) is 3. The first kappa shape index (κ1) is 16.5. The van der Waals surface area contributed by atoms with Crippen molar-refractivity contribution in [2.45, 2.75) is 51.0 Å². The number of sulfonamides is 1. The molecule has 1 fully saturated rings. The van der Waals surface area contributed by atoms with Gasteiger partial charge in [-0.05, 0) is 55.0 Å². The number of benzene rings is 1. The Hall–Kier alpha value is -0.910. The largest absolute Gasteiger partial charge is 0.313 e. The molecule has 1 aliphatic carbocycles. The molecular weight excluding hydrogens is 284 g/mol. The molecule has 0 heterocycles. The summed E-state index contributed by atoms with van der Waals surface area (Å²) >= 11 is 0. The van der Waals surface area contributed by atoms with Crippen molar-refractivity contribution >= 4 is 10.0 Å². The lowest BCUT2D eigenvalue weighted by Gasteiger charge is -2.25. The Morgan fingerprint density at radius 3 is 2.52 bits per heavy atom. The zero-order valence-corrected chi connectivity index (χ0v) is 13.8. The van der Waals surface area contributed by atoms with Gasteiger partial charge in [-0.3, -0.25) is 0 Å². The number of aryl methyl sites for hydroxylation is 1. The van der Waals surface area contributed by atoms with Crippen LogP contribution >= 0.6 is 0 Å². The minimum Gasteiger partial charge on any atom is -0.313 e. The molecule has 1 aromatic rings. The maximum absolute atomic E-state index is 12.4. The normalized spacial score (nSPS) is 15.9. The summed E-state index contributed by atoms with van der Waals surface area (Å²) in [4.78, 5) is 0.381. The molecule has 1 aromatic carbocycles. The molecule has 0 bridgehead atoms. The first-order valence-electron chi connectivity index (χ1n) is 7.89. The maximum atomic E-state index is 12.4. The van der Waals surface area contributed by atoms with Gasteiger partial charge in [-0.25, -0.2) is 13.1 Å². The van der Waals surface area contributed by atoms with Crippen molar-refractivity contribution in [3.8, 4) is 0 Å². The second-order valence-electron chi connectivity index (χ2n) is 5.71. The molecule has 2 N–H and O–H groups in total. The first-order chi connectivity index (χ1) is 10.1. The monoisotopic (exact) mass is 310 g/mol. The highest BCUT2D eigenvalue weighted by Crippen LogP contribution is 2.26. The number of hydrogen-bond donors (Lipinski definition) is 2. The molecular formula is C16H26N2O2S. The molecule has 0 amide bonds. The van der Waals surface area contributed by atoms with Crippen LogP contribution in [0.15, 0.2) is 23.1 Å². The average molecular weight is 310 g/mol. The molecule has 0 radical (unpaired) electrons. The zero-order valence-electron chi connectivity index (χ0n) is 13.0. The minimum absolute atomic E-state index is 0.381. The fraction of sp³-hybridized carbons (Fsp3) is 0.625. The Morgan fingerprint density at radius 2 is 1.95 bits per heavy atom. The molecule has 0 aliphatic heterocycles. The van der Waals surface area contributed by atoms with E-state index in [0.717, 1.165) is 31.4 Å². The quantitative estimate of drug-likeness (QED) is 0.775. The third-order valence-corrected chi connectivity index (χ3v) is 5.64. The third-order valence-electron chi connectivity index (χ3n) is 4.22. The van der Waals surface area contributed by atoms with Gasteiger partial charge in [-0.1, -0.05) is 26.3 Å². The molecule has 0 atom stereocenters. The van der Waals surface area contributed by atoms with E-state index in [2.05, 4.69) is 17.0 Å². The van der Waals surface area contributed by atoms with E-state index in [0.29, 0.717) is 23.9 Å². The summed E-state index contributed by atoms with van der Waals surface area (Å²) in [7, 11) is -3.38. The van der Waals surface area contributed by atoms with Crippen molar-refractivity contribution in [1.29, 1.82) is 0 Å². The molecule has 0 aromatic heterocycles. The Balaban J connectivity index is 2.13. The van der Waals surface area contributed by atoms with E-state index in [9.17, 15) is 8.42 Å². The fourth-order valence-electron chi connectivity index (χ4n) is 2.55. The highest BCUT2D eigenvalue weighted by Gasteiger charge is 2.21. The van der Waals surface area contributed by atoms with Crippen LogP contribution in [0.5, 0.6) is 0 Å². The SMILES string of the molecule is CCNCc1cc(S(=O)(=O)NCC2CCC2)ccc1CC. The van der Waals surface area contributed by atoms with Gasteiger partial charge in [0.2, 0.25) is 10.0 Å². The van der Waals surface area contributed by atoms with Gasteiger partial charge in [-0.15, -0.1) is 0 Å². The van der Waals surface area contributed by atoms with E-state index < -0.39 is 10.0 Å². The molecule has 5 heteroatoms. The molecule has 0 saturated heterocycles. The van der Waals surface area contributed by atoms with Crippen LogP contribution in [0.3, 0.4) is 0 Å². The second-order valence-corrected chi connectivity index (χ2v) is 7.48. The van der Waals surface area contributed by atoms with Gasteiger partial charge in [0.15, 0.2) is 0 Å². The van der Waals surface area contributed by atoms with E-state index in [1.807, 2.05) is 19.1 Å². The molecule has 0 spiro atoms. The van der Waals surface area contributed by atoms with Crippen LogP contribution in [0.1, 0.15) is 44.2 Å². The lowest BCUT2D eigenvalue weighted by molar-refractivity contribution is 0.316. The summed E-state index contributed by atoms with van der Waals surface area (Å²) in [5, 5.41) is 3.27. The summed E-state index contributed by atoms with van der Waals surface area (Å²) in [6.45, 7) is 6.30. The topological polar surface area (TPSA) is 58.2 Å². The molecule has 21 heavy (non-hydrogen) atoms. The maximum Gasteiger partial charge on any atom is 0.240 e. The highest BCUT2D eigenvalue weighted by atomic mass is 32.2. The van der Waals surface area contributed by atoms with Gasteiger partial charge >= 0.3 is 0 Å². The van der Waals surface area contributed by atoms with Gasteiger partial charge < -0.3 is 5.32 Å². The predicted molar refractivity (Wildman–Crippen MR) is 85.7 cm³/mol. The van der Waals surface area contributed by atoms with E-state index in [4.69, 9.17) is 0 Å². The highest BCUT2D eigenvalue weighted by molar-refractivity contribution is 7.89. The summed E-state index contributed by atoms with van der Waals surface area (Å²) in [5.74, 6) is 0.524. The van der Waals surface area contributed by atoms with E-state index in [1.54, 1.807) is 6.07 Å². The van der Waals surface area contributed by atoms with Gasteiger partial charge in [0.1, 0.15) is 0 Å². The van der Waals surface area contributed by atoms with E-state index in [-0.39, 0.29) is 0 Å². The van der Waals surface area contributed by atoms with Crippen molar-refractivity contribution in [3.05, 3.63) is 29.3 Å². The van der Waals surface area contributed by atoms with Crippen LogP contribution in [-0.4, -0.2) is 21.5 Å². The lowest BCUT2D eigenvalue weighted by Crippen LogP contribution is -2.32. The van der Waals surface area contributed by atoms with Gasteiger partial charge in [0, 0.05) is 13.1 Å². The van der Waals surface area contributed by atoms with Crippen molar-refractivity contribution in [3.63, 3.8) is 0 Å². The fourth-order valence-corrected chi connectivity index (χ4v) is 3.71. The van der Waals surface area contributed by atoms with E-state index >= 15 is 0 Å². The molecule has 4 nitrogen and oxygen atoms in total. The number of rotatable bonds is 8. The Kier molecular flexibility index (Phi) is 5.79. The van der Waals surface area contributed by atoms with Gasteiger partial charge in [0.05, 0.1) is 4.90 Å². The standard InChI is InChI=1S/C16H26N2O2S/c1-3-14-8-9-16(10-15(14)12-17-4-2)21(19,20)18-11-13-6-5-7-13/h8-10,13,17-18H,3-7,11-12H2,1-2H3. The van der Waals surface area contributed by atoms with Crippen LogP contribution in [0.25, 0.3) is 0 Å². The van der Waals surface area contributed by atoms with Crippen LogP contribution in [0, 0.1) is 5.92 Å². The van der Waals surface area contributed by atoms with Crippen molar-refractivity contribution < 1.29 is 8.42 Å². The predicted octanol–water partition coefficient (Wildman–Crippen LogP) is 2.44. The number of nitrogens with one attached hydrogen (secondary N) is 2. The minimum atomic E-state index is -3.38. The molecule has 0 unspecified atom stereocenters. The zero-order chi connectivity index (χ0) is 15.3. The van der Waals surface area contributed by atoms with Gasteiger partial charge in [-0.2, -0.15) is 0 Å². The molecule has 2 rings (SSSR count). The Labute approximate surface area is 128 Å². The molecule has 1 saturated carbocycles. The van der Waals surface area contributed by atoms with E-state index in [1.165, 1.54) is 12.0 Å². The van der Waals surface area contributed by atoms with Crippen molar-refractivity contribution in [2.75, 3.05) is 13.1 Å². The summed E-state index contributed by atoms with van der Waals surface area (Å²) < 4.78 is 27.5. The third kappa shape index (κ3) is 4.28. The average Bonchev–Trinajstić information content (AvgIpc) is 2.42. The smallest absolute Gasteiger partial charge is 0.240 e. The Morgan fingerprint density at radius 1 is 1.19 bits per heavy atom. The summed E-state index contributed by atoms with van der Waals surface area (Å²) in [5.41, 5.74) is 2.28. The summed E-state index contributed by atoms with van der Waals surface area (Å²) in [6, 6.07) is 5.46. The van der Waals surface area contributed by atoms with Crippen molar-refractivity contribution in [2.24, 2.45) is 5.92 Å². The van der Waals surface area contributed by atoms with Crippen LogP contribution in [0.2, 0.25) is 0 Å².